The molecule has 0 bridgehead atoms. The summed E-state index contributed by atoms with van der Waals surface area (Å²) in [6.07, 6.45) is 0. The van der Waals surface area contributed by atoms with Crippen molar-refractivity contribution in [1.29, 1.82) is 0 Å². The summed E-state index contributed by atoms with van der Waals surface area (Å²) in [5, 5.41) is 0. The topological polar surface area (TPSA) is 26.0 Å². The molecule has 0 heterocycles. The molecule has 0 aliphatic heterocycles. The summed E-state index contributed by atoms with van der Waals surface area (Å²) < 4.78 is 1.20. The van der Waals surface area contributed by atoms with Crippen molar-refractivity contribution in [3.63, 3.8) is 0 Å². The minimum absolute atomic E-state index is 0.847. The zero-order chi connectivity index (χ0) is 6.85. The van der Waals surface area contributed by atoms with Gasteiger partial charge in [0.25, 0.3) is 0 Å². The van der Waals surface area contributed by atoms with E-state index in [0.29, 0.717) is 0 Å². The second-order valence-electron chi connectivity index (χ2n) is 2.06. The van der Waals surface area contributed by atoms with Crippen LogP contribution in [0.2, 0.25) is 0 Å². The van der Waals surface area contributed by atoms with Gasteiger partial charge in [0.2, 0.25) is 0 Å². The highest BCUT2D eigenvalue weighted by molar-refractivity contribution is 14.1. The van der Waals surface area contributed by atoms with Gasteiger partial charge in [0, 0.05) is 9.26 Å². The number of anilines is 1. The van der Waals surface area contributed by atoms with Crippen molar-refractivity contribution in [2.45, 2.75) is 6.92 Å². The van der Waals surface area contributed by atoms with Crippen LogP contribution >= 0.6 is 22.6 Å². The van der Waals surface area contributed by atoms with E-state index in [1.54, 1.807) is 0 Å². The van der Waals surface area contributed by atoms with Gasteiger partial charge in [-0.2, -0.15) is 0 Å². The Morgan fingerprint density at radius 1 is 1.33 bits per heavy atom. The van der Waals surface area contributed by atoms with Gasteiger partial charge in [-0.15, -0.1) is 0 Å². The summed E-state index contributed by atoms with van der Waals surface area (Å²) in [4.78, 5) is 0. The molecule has 0 saturated carbocycles. The normalized spacial score (nSPS) is 9.56. The number of nitrogens with two attached hydrogens (primary N) is 1. The van der Waals surface area contributed by atoms with Crippen LogP contribution in [0, 0.1) is 10.5 Å². The molecule has 9 heavy (non-hydrogen) atoms. The van der Waals surface area contributed by atoms with Gasteiger partial charge in [0.1, 0.15) is 0 Å². The molecule has 0 spiro atoms. The number of hydrogen-bond acceptors (Lipinski definition) is 1. The highest BCUT2D eigenvalue weighted by atomic mass is 127. The molecule has 2 N–H and O–H groups in total. The average molecular weight is 233 g/mol. The monoisotopic (exact) mass is 233 g/mol. The number of hydrogen-bond donors (Lipinski definition) is 1. The summed E-state index contributed by atoms with van der Waals surface area (Å²) in [6, 6.07) is 6.01. The maximum atomic E-state index is 5.55. The lowest BCUT2D eigenvalue weighted by Crippen LogP contribution is -1.85. The Kier molecular flexibility index (Phi) is 1.95. The molecule has 0 amide bonds. The molecule has 0 radical (unpaired) electrons. The molecular formula is C7H8IN. The van der Waals surface area contributed by atoms with Crippen molar-refractivity contribution in [2.24, 2.45) is 0 Å². The first-order valence-electron chi connectivity index (χ1n) is 2.71. The van der Waals surface area contributed by atoms with Crippen LogP contribution in [-0.4, -0.2) is 0 Å². The minimum Gasteiger partial charge on any atom is -0.399 e. The first-order valence-corrected chi connectivity index (χ1v) is 3.79. The van der Waals surface area contributed by atoms with E-state index in [-0.39, 0.29) is 0 Å². The quantitative estimate of drug-likeness (QED) is 0.539. The molecule has 0 aromatic heterocycles. The second-order valence-corrected chi connectivity index (χ2v) is 3.31. The van der Waals surface area contributed by atoms with Gasteiger partial charge in [0.05, 0.1) is 0 Å². The van der Waals surface area contributed by atoms with E-state index < -0.39 is 0 Å². The Morgan fingerprint density at radius 2 is 2.00 bits per heavy atom. The van der Waals surface area contributed by atoms with Crippen LogP contribution in [0.4, 0.5) is 5.69 Å². The predicted octanol–water partition coefficient (Wildman–Crippen LogP) is 2.18. The molecule has 2 heteroatoms. The highest BCUT2D eigenvalue weighted by Crippen LogP contribution is 2.12. The van der Waals surface area contributed by atoms with Gasteiger partial charge in [-0.25, -0.2) is 0 Å². The van der Waals surface area contributed by atoms with Gasteiger partial charge in [-0.1, -0.05) is 0 Å². The number of nitrogen functional groups attached to an aromatic ring is 1. The van der Waals surface area contributed by atoms with E-state index in [0.717, 1.165) is 5.69 Å². The van der Waals surface area contributed by atoms with Crippen molar-refractivity contribution < 1.29 is 0 Å². The van der Waals surface area contributed by atoms with Crippen LogP contribution in [0.3, 0.4) is 0 Å². The fourth-order valence-corrected chi connectivity index (χ4v) is 1.62. The molecule has 1 rings (SSSR count). The van der Waals surface area contributed by atoms with Gasteiger partial charge in [-0.05, 0) is 53.3 Å². The zero-order valence-electron chi connectivity index (χ0n) is 5.19. The van der Waals surface area contributed by atoms with E-state index in [1.165, 1.54) is 9.13 Å². The molecule has 0 atom stereocenters. The van der Waals surface area contributed by atoms with E-state index in [1.807, 2.05) is 19.1 Å². The Morgan fingerprint density at radius 3 is 2.44 bits per heavy atom. The van der Waals surface area contributed by atoms with Gasteiger partial charge < -0.3 is 5.73 Å². The average Bonchev–Trinajstić information content (AvgIpc) is 1.59. The number of aryl methyl sites for hydroxylation is 1. The molecule has 0 aliphatic carbocycles. The van der Waals surface area contributed by atoms with Crippen LogP contribution in [0.25, 0.3) is 0 Å². The van der Waals surface area contributed by atoms with Gasteiger partial charge >= 0.3 is 0 Å². The first-order chi connectivity index (χ1) is 4.18. The van der Waals surface area contributed by atoms with E-state index in [9.17, 15) is 0 Å². The SMILES string of the molecule is Cc1cc(N)cc(I)c1. The maximum Gasteiger partial charge on any atom is 0.0327 e. The Bertz CT molecular complexity index is 170. The third-order valence-corrected chi connectivity index (χ3v) is 1.69. The van der Waals surface area contributed by atoms with Crippen LogP contribution in [0.15, 0.2) is 18.2 Å². The van der Waals surface area contributed by atoms with Crippen molar-refractivity contribution in [1.82, 2.24) is 0 Å². The fraction of sp³-hybridized carbons (Fsp3) is 0.143. The summed E-state index contributed by atoms with van der Waals surface area (Å²) in [5.41, 5.74) is 7.62. The van der Waals surface area contributed by atoms with Gasteiger partial charge in [0.15, 0.2) is 0 Å². The molecule has 0 unspecified atom stereocenters. The first kappa shape index (κ1) is 6.86. The largest absolute Gasteiger partial charge is 0.399 e. The molecule has 1 aromatic carbocycles. The van der Waals surface area contributed by atoms with E-state index in [2.05, 4.69) is 28.7 Å². The predicted molar refractivity (Wildman–Crippen MR) is 48.3 cm³/mol. The van der Waals surface area contributed by atoms with Crippen molar-refractivity contribution in [3.8, 4) is 0 Å². The molecule has 0 fully saturated rings. The van der Waals surface area contributed by atoms with Gasteiger partial charge in [-0.3, -0.25) is 0 Å². The molecule has 48 valence electrons. The lowest BCUT2D eigenvalue weighted by Gasteiger charge is -1.95. The van der Waals surface area contributed by atoms with Crippen LogP contribution in [-0.2, 0) is 0 Å². The smallest absolute Gasteiger partial charge is 0.0327 e. The fourth-order valence-electron chi connectivity index (χ4n) is 0.765. The molecule has 0 saturated heterocycles. The second kappa shape index (κ2) is 2.56. The highest BCUT2D eigenvalue weighted by Gasteiger charge is 1.89. The molecular weight excluding hydrogens is 225 g/mol. The number of benzene rings is 1. The molecule has 1 aromatic rings. The van der Waals surface area contributed by atoms with Crippen molar-refractivity contribution >= 4 is 28.3 Å². The molecule has 0 aliphatic rings. The van der Waals surface area contributed by atoms with E-state index in [4.69, 9.17) is 5.73 Å². The number of rotatable bonds is 0. The lowest BCUT2D eigenvalue weighted by atomic mass is 10.2. The van der Waals surface area contributed by atoms with Crippen molar-refractivity contribution in [3.05, 3.63) is 27.3 Å². The molecule has 1 nitrogen and oxygen atoms in total. The lowest BCUT2D eigenvalue weighted by molar-refractivity contribution is 1.45. The summed E-state index contributed by atoms with van der Waals surface area (Å²) in [5.74, 6) is 0. The standard InChI is InChI=1S/C7H8IN/c1-5-2-6(8)4-7(9)3-5/h2-4H,9H2,1H3. The third-order valence-electron chi connectivity index (χ3n) is 1.06. The zero-order valence-corrected chi connectivity index (χ0v) is 7.34. The van der Waals surface area contributed by atoms with Crippen LogP contribution < -0.4 is 5.73 Å². The Labute approximate surface area is 68.4 Å². The summed E-state index contributed by atoms with van der Waals surface area (Å²) in [7, 11) is 0. The summed E-state index contributed by atoms with van der Waals surface area (Å²) in [6.45, 7) is 2.04. The van der Waals surface area contributed by atoms with Crippen molar-refractivity contribution in [2.75, 3.05) is 5.73 Å². The van der Waals surface area contributed by atoms with Crippen LogP contribution in [0.1, 0.15) is 5.56 Å². The number of halogens is 1. The third kappa shape index (κ3) is 1.86. The van der Waals surface area contributed by atoms with E-state index >= 15 is 0 Å². The minimum atomic E-state index is 0.847. The summed E-state index contributed by atoms with van der Waals surface area (Å²) >= 11 is 2.25. The Balaban J connectivity index is 3.17. The maximum absolute atomic E-state index is 5.55. The Hall–Kier alpha value is -0.250. The van der Waals surface area contributed by atoms with Crippen LogP contribution in [0.5, 0.6) is 0 Å².